The van der Waals surface area contributed by atoms with Crippen molar-refractivity contribution < 1.29 is 14.6 Å². The van der Waals surface area contributed by atoms with Gasteiger partial charge in [-0.1, -0.05) is 5.11 Å². The van der Waals surface area contributed by atoms with Gasteiger partial charge in [0.1, 0.15) is 6.10 Å². The second-order valence-electron chi connectivity index (χ2n) is 6.02. The van der Waals surface area contributed by atoms with Crippen molar-refractivity contribution >= 4 is 0 Å². The van der Waals surface area contributed by atoms with E-state index in [2.05, 4.69) is 15.0 Å². The van der Waals surface area contributed by atoms with Gasteiger partial charge < -0.3 is 14.6 Å². The predicted molar refractivity (Wildman–Crippen MR) is 70.9 cm³/mol. The first kappa shape index (κ1) is 13.5. The van der Waals surface area contributed by atoms with Crippen LogP contribution < -0.4 is 11.2 Å². The first-order chi connectivity index (χ1) is 10.4. The van der Waals surface area contributed by atoms with E-state index < -0.39 is 35.0 Å². The van der Waals surface area contributed by atoms with Gasteiger partial charge in [-0.25, -0.2) is 4.79 Å². The van der Waals surface area contributed by atoms with Crippen LogP contribution >= 0.6 is 0 Å². The molecule has 3 unspecified atom stereocenters. The quantitative estimate of drug-likeness (QED) is 0.441. The summed E-state index contributed by atoms with van der Waals surface area (Å²) in [7, 11) is 0. The Labute approximate surface area is 122 Å². The van der Waals surface area contributed by atoms with Crippen molar-refractivity contribution in [3.05, 3.63) is 43.0 Å². The van der Waals surface area contributed by atoms with Crippen LogP contribution in [0.15, 0.2) is 20.9 Å². The molecule has 3 fully saturated rings. The molecule has 3 aliphatic rings. The topological polar surface area (TPSA) is 142 Å². The van der Waals surface area contributed by atoms with Gasteiger partial charge in [0.05, 0.1) is 18.1 Å². The average Bonchev–Trinajstić information content (AvgIpc) is 2.56. The fourth-order valence-corrected chi connectivity index (χ4v) is 3.81. The lowest BCUT2D eigenvalue weighted by Crippen LogP contribution is -2.77. The average molecular weight is 307 g/mol. The van der Waals surface area contributed by atoms with Crippen molar-refractivity contribution in [3.8, 4) is 0 Å². The lowest BCUT2D eigenvalue weighted by Gasteiger charge is -2.62. The molecule has 0 amide bonds. The Kier molecular flexibility index (Phi) is 2.45. The maximum Gasteiger partial charge on any atom is 0.330 e. The fraction of sp³-hybridized carbons (Fsp3) is 0.667. The van der Waals surface area contributed by atoms with Gasteiger partial charge >= 0.3 is 5.69 Å². The molecule has 22 heavy (non-hydrogen) atoms. The molecule has 2 N–H and O–H groups in total. The summed E-state index contributed by atoms with van der Waals surface area (Å²) in [5.74, 6) is -1.62. The largest absolute Gasteiger partial charge is 0.365 e. The van der Waals surface area contributed by atoms with Crippen molar-refractivity contribution in [2.75, 3.05) is 6.54 Å². The molecule has 5 atom stereocenters. The van der Waals surface area contributed by atoms with Crippen molar-refractivity contribution in [2.45, 2.75) is 37.1 Å². The lowest BCUT2D eigenvalue weighted by atomic mass is 9.59. The summed E-state index contributed by atoms with van der Waals surface area (Å²) in [6.45, 7) is 1.63. The molecule has 0 spiro atoms. The van der Waals surface area contributed by atoms with Crippen LogP contribution in [0.25, 0.3) is 10.4 Å². The monoisotopic (exact) mass is 307 g/mol. The Morgan fingerprint density at radius 3 is 3.05 bits per heavy atom. The molecule has 0 aromatic carbocycles. The van der Waals surface area contributed by atoms with Crippen LogP contribution in [0.4, 0.5) is 0 Å². The zero-order chi connectivity index (χ0) is 15.7. The summed E-state index contributed by atoms with van der Waals surface area (Å²) in [5.41, 5.74) is 6.97. The Balaban J connectivity index is 1.74. The fourth-order valence-electron chi connectivity index (χ4n) is 3.81. The van der Waals surface area contributed by atoms with E-state index in [9.17, 15) is 14.7 Å². The molecule has 1 aliphatic carbocycles. The molecule has 1 saturated carbocycles. The molecular formula is C12H13N5O5. The first-order valence-electron chi connectivity index (χ1n) is 6.81. The lowest BCUT2D eigenvalue weighted by molar-refractivity contribution is -0.429. The number of azide groups is 1. The van der Waals surface area contributed by atoms with Gasteiger partial charge in [0.25, 0.3) is 5.56 Å². The summed E-state index contributed by atoms with van der Waals surface area (Å²) in [6, 6.07) is 0. The van der Waals surface area contributed by atoms with E-state index in [1.54, 1.807) is 6.92 Å². The summed E-state index contributed by atoms with van der Waals surface area (Å²) in [6.07, 6.45) is 0.298. The van der Waals surface area contributed by atoms with Crippen LogP contribution in [-0.4, -0.2) is 38.7 Å². The zero-order valence-corrected chi connectivity index (χ0v) is 11.6. The number of hydrogen-bond acceptors (Lipinski definition) is 6. The number of aromatic nitrogens is 2. The van der Waals surface area contributed by atoms with Crippen molar-refractivity contribution in [3.63, 3.8) is 0 Å². The van der Waals surface area contributed by atoms with Crippen LogP contribution in [0.3, 0.4) is 0 Å². The molecule has 10 nitrogen and oxygen atoms in total. The molecule has 116 valence electrons. The summed E-state index contributed by atoms with van der Waals surface area (Å²) in [5, 5.41) is 13.7. The number of nitrogens with zero attached hydrogens (tertiary/aromatic N) is 4. The van der Waals surface area contributed by atoms with Gasteiger partial charge in [-0.15, -0.1) is 0 Å². The zero-order valence-electron chi connectivity index (χ0n) is 11.6. The van der Waals surface area contributed by atoms with Crippen LogP contribution in [0.1, 0.15) is 18.2 Å². The minimum atomic E-state index is -1.27. The highest BCUT2D eigenvalue weighted by molar-refractivity contribution is 5.24. The van der Waals surface area contributed by atoms with Gasteiger partial charge in [-0.05, 0) is 12.5 Å². The van der Waals surface area contributed by atoms with Gasteiger partial charge in [0, 0.05) is 23.1 Å². The van der Waals surface area contributed by atoms with Gasteiger partial charge in [0.2, 0.25) is 0 Å². The number of aromatic amines is 1. The minimum absolute atomic E-state index is 0.0594. The third kappa shape index (κ3) is 1.47. The maximum absolute atomic E-state index is 12.0. The Hall–Kier alpha value is -2.13. The number of H-pyrrole nitrogens is 1. The van der Waals surface area contributed by atoms with Gasteiger partial charge in [0.15, 0.2) is 12.0 Å². The highest BCUT2D eigenvalue weighted by Gasteiger charge is 2.81. The van der Waals surface area contributed by atoms with Crippen LogP contribution in [0.2, 0.25) is 0 Å². The smallest absolute Gasteiger partial charge is 0.330 e. The Morgan fingerprint density at radius 2 is 2.36 bits per heavy atom. The van der Waals surface area contributed by atoms with Gasteiger partial charge in [-0.3, -0.25) is 14.3 Å². The number of nitrogens with one attached hydrogen (secondary N) is 1. The molecule has 2 aliphatic heterocycles. The predicted octanol–water partition coefficient (Wildman–Crippen LogP) is -0.470. The molecule has 3 heterocycles. The van der Waals surface area contributed by atoms with E-state index in [0.29, 0.717) is 5.56 Å². The second kappa shape index (κ2) is 3.99. The number of rotatable bonds is 3. The summed E-state index contributed by atoms with van der Waals surface area (Å²) >= 11 is 0. The van der Waals surface area contributed by atoms with Crippen LogP contribution in [-0.2, 0) is 9.47 Å². The van der Waals surface area contributed by atoms with E-state index >= 15 is 0 Å². The highest BCUT2D eigenvalue weighted by Crippen LogP contribution is 2.68. The molecule has 0 bridgehead atoms. The second-order valence-corrected chi connectivity index (χ2v) is 6.02. The molecule has 10 heteroatoms. The van der Waals surface area contributed by atoms with Crippen molar-refractivity contribution in [1.82, 2.24) is 9.55 Å². The molecular weight excluding hydrogens is 294 g/mol. The molecule has 4 rings (SSSR count). The summed E-state index contributed by atoms with van der Waals surface area (Å²) in [4.78, 5) is 28.4. The third-order valence-electron chi connectivity index (χ3n) is 4.73. The molecule has 1 aromatic heterocycles. The summed E-state index contributed by atoms with van der Waals surface area (Å²) < 4.78 is 12.6. The van der Waals surface area contributed by atoms with Crippen LogP contribution in [0, 0.1) is 12.8 Å². The molecule has 2 saturated heterocycles. The van der Waals surface area contributed by atoms with E-state index in [-0.39, 0.29) is 18.9 Å². The normalized spacial score (nSPS) is 41.1. The number of aliphatic hydroxyl groups is 1. The Morgan fingerprint density at radius 1 is 1.59 bits per heavy atom. The van der Waals surface area contributed by atoms with E-state index in [0.717, 1.165) is 0 Å². The number of hydrogen-bond donors (Lipinski definition) is 2. The SMILES string of the molecule is Cc1cn([C@@H]2O[C@@]3(CN=[N+]=[N-])CC4(O)OC2C43)c(=O)[nH]c1=O. The highest BCUT2D eigenvalue weighted by atomic mass is 16.7. The first-order valence-corrected chi connectivity index (χ1v) is 6.81. The van der Waals surface area contributed by atoms with E-state index in [4.69, 9.17) is 15.0 Å². The minimum Gasteiger partial charge on any atom is -0.365 e. The van der Waals surface area contributed by atoms with Crippen molar-refractivity contribution in [2.24, 2.45) is 11.0 Å². The maximum atomic E-state index is 12.0. The third-order valence-corrected chi connectivity index (χ3v) is 4.73. The Bertz CT molecular complexity index is 826. The standard InChI is InChI=1S/C12H13N5O5/c1-5-2-17(10(19)15-8(5)18)9-6-7-11(22-9,4-14-16-13)3-12(7,20)21-6/h2,6-7,9,20H,3-4H2,1H3,(H,15,18,19)/t6?,7?,9-,11-,12?/m1/s1. The van der Waals surface area contributed by atoms with E-state index in [1.165, 1.54) is 10.8 Å². The number of aryl methyl sites for hydroxylation is 1. The van der Waals surface area contributed by atoms with Crippen molar-refractivity contribution in [1.29, 1.82) is 0 Å². The number of ether oxygens (including phenoxy) is 2. The van der Waals surface area contributed by atoms with Crippen LogP contribution in [0.5, 0.6) is 0 Å². The molecule has 1 aromatic rings. The van der Waals surface area contributed by atoms with E-state index in [1.807, 2.05) is 0 Å². The van der Waals surface area contributed by atoms with Gasteiger partial charge in [-0.2, -0.15) is 0 Å². The molecule has 0 radical (unpaired) electrons.